The molecule has 0 N–H and O–H groups in total. The Morgan fingerprint density at radius 2 is 1.19 bits per heavy atom. The van der Waals surface area contributed by atoms with Gasteiger partial charge in [-0.25, -0.2) is 9.97 Å². The normalized spacial score (nSPS) is 14.7. The summed E-state index contributed by atoms with van der Waals surface area (Å²) in [6, 6.07) is 2.20. The molecule has 3 nitrogen and oxygen atoms in total. The van der Waals surface area contributed by atoms with Gasteiger partial charge in [0.1, 0.15) is 6.33 Å². The minimum absolute atomic E-state index is 0.0342. The average Bonchev–Trinajstić information content (AvgIpc) is 2.69. The number of rotatable bonds is 7. The van der Waals surface area contributed by atoms with Gasteiger partial charge in [-0.05, 0) is 65.0 Å². The van der Waals surface area contributed by atoms with Gasteiger partial charge in [0, 0.05) is 17.5 Å². The monoisotopic (exact) mass is 423 g/mol. The molecule has 0 amide bonds. The van der Waals surface area contributed by atoms with E-state index in [-0.39, 0.29) is 10.8 Å². The van der Waals surface area contributed by atoms with Gasteiger partial charge in [0.15, 0.2) is 0 Å². The molecule has 0 spiro atoms. The van der Waals surface area contributed by atoms with E-state index < -0.39 is 0 Å². The first-order valence-corrected chi connectivity index (χ1v) is 12.1. The van der Waals surface area contributed by atoms with Crippen LogP contribution in [0.25, 0.3) is 0 Å². The van der Waals surface area contributed by atoms with Crippen LogP contribution >= 0.6 is 0 Å². The van der Waals surface area contributed by atoms with Crippen molar-refractivity contribution in [2.24, 2.45) is 0 Å². The number of pyridine rings is 1. The molecule has 0 saturated heterocycles. The molecule has 2 rings (SSSR count). The zero-order valence-corrected chi connectivity index (χ0v) is 21.9. The fourth-order valence-electron chi connectivity index (χ4n) is 4.82. The Morgan fingerprint density at radius 1 is 0.710 bits per heavy atom. The second-order valence-electron chi connectivity index (χ2n) is 11.6. The number of hydrogen-bond acceptors (Lipinski definition) is 3. The quantitative estimate of drug-likeness (QED) is 0.455. The third-order valence-electron chi connectivity index (χ3n) is 6.37. The minimum Gasteiger partial charge on any atom is -0.261 e. The third-order valence-corrected chi connectivity index (χ3v) is 6.37. The molecule has 31 heavy (non-hydrogen) atoms. The average molecular weight is 424 g/mol. The molecule has 172 valence electrons. The van der Waals surface area contributed by atoms with Gasteiger partial charge in [-0.15, -0.1) is 0 Å². The van der Waals surface area contributed by atoms with Crippen LogP contribution in [0.15, 0.2) is 18.6 Å². The second-order valence-corrected chi connectivity index (χ2v) is 11.6. The summed E-state index contributed by atoms with van der Waals surface area (Å²) >= 11 is 0. The summed E-state index contributed by atoms with van der Waals surface area (Å²) in [6.45, 7) is 25.2. The predicted octanol–water partition coefficient (Wildman–Crippen LogP) is 7.84. The molecule has 2 unspecified atom stereocenters. The number of hydrogen-bond donors (Lipinski definition) is 0. The smallest absolute Gasteiger partial charge is 0.115 e. The van der Waals surface area contributed by atoms with Crippen LogP contribution in [-0.4, -0.2) is 15.0 Å². The van der Waals surface area contributed by atoms with Gasteiger partial charge < -0.3 is 0 Å². The van der Waals surface area contributed by atoms with Gasteiger partial charge in [0.05, 0.1) is 11.4 Å². The highest BCUT2D eigenvalue weighted by molar-refractivity contribution is 5.38. The molecule has 2 heterocycles. The topological polar surface area (TPSA) is 38.7 Å². The van der Waals surface area contributed by atoms with Crippen molar-refractivity contribution in [1.29, 1.82) is 0 Å². The molecule has 0 bridgehead atoms. The maximum absolute atomic E-state index is 4.87. The summed E-state index contributed by atoms with van der Waals surface area (Å²) in [7, 11) is 0. The SMILES string of the molecule is CCc1ccnc(C(C)CCC(C)c2ncnc(C(C)C)c2C(C)(C)C)c1C(C)(C)C. The van der Waals surface area contributed by atoms with E-state index in [2.05, 4.69) is 87.2 Å². The maximum Gasteiger partial charge on any atom is 0.115 e. The zero-order chi connectivity index (χ0) is 23.6. The highest BCUT2D eigenvalue weighted by Crippen LogP contribution is 2.38. The van der Waals surface area contributed by atoms with Crippen molar-refractivity contribution in [3.05, 3.63) is 52.4 Å². The summed E-state index contributed by atoms with van der Waals surface area (Å²) in [6.07, 6.45) is 7.03. The molecule has 3 heteroatoms. The van der Waals surface area contributed by atoms with Gasteiger partial charge in [-0.1, -0.05) is 76.2 Å². The van der Waals surface area contributed by atoms with Crippen molar-refractivity contribution < 1.29 is 0 Å². The molecule has 0 aliphatic heterocycles. The van der Waals surface area contributed by atoms with Crippen LogP contribution in [-0.2, 0) is 17.3 Å². The van der Waals surface area contributed by atoms with Crippen LogP contribution in [0.2, 0.25) is 0 Å². The number of aromatic nitrogens is 3. The van der Waals surface area contributed by atoms with E-state index in [0.717, 1.165) is 19.3 Å². The summed E-state index contributed by atoms with van der Waals surface area (Å²) in [5, 5.41) is 0. The van der Waals surface area contributed by atoms with E-state index in [1.165, 1.54) is 33.8 Å². The fraction of sp³-hybridized carbons (Fsp3) is 0.679. The molecule has 0 aromatic carbocycles. The van der Waals surface area contributed by atoms with Crippen molar-refractivity contribution in [2.45, 2.75) is 124 Å². The van der Waals surface area contributed by atoms with Gasteiger partial charge >= 0.3 is 0 Å². The van der Waals surface area contributed by atoms with E-state index in [1.807, 2.05) is 6.20 Å². The van der Waals surface area contributed by atoms with Gasteiger partial charge in [-0.3, -0.25) is 4.98 Å². The Morgan fingerprint density at radius 3 is 1.65 bits per heavy atom. The zero-order valence-electron chi connectivity index (χ0n) is 21.9. The first-order chi connectivity index (χ1) is 14.3. The minimum atomic E-state index is 0.0342. The highest BCUT2D eigenvalue weighted by Gasteiger charge is 2.29. The molecule has 2 atom stereocenters. The lowest BCUT2D eigenvalue weighted by Crippen LogP contribution is -2.22. The van der Waals surface area contributed by atoms with Crippen molar-refractivity contribution in [2.75, 3.05) is 0 Å². The first-order valence-electron chi connectivity index (χ1n) is 12.1. The van der Waals surface area contributed by atoms with Crippen LogP contribution in [0.4, 0.5) is 0 Å². The molecular formula is C28H45N3. The van der Waals surface area contributed by atoms with Gasteiger partial charge in [0.25, 0.3) is 0 Å². The second kappa shape index (κ2) is 9.79. The van der Waals surface area contributed by atoms with Crippen molar-refractivity contribution in [1.82, 2.24) is 15.0 Å². The molecule has 0 saturated carbocycles. The van der Waals surface area contributed by atoms with E-state index >= 15 is 0 Å². The van der Waals surface area contributed by atoms with Crippen molar-refractivity contribution >= 4 is 0 Å². The number of nitrogens with zero attached hydrogens (tertiary/aromatic N) is 3. The Hall–Kier alpha value is -1.77. The van der Waals surface area contributed by atoms with Crippen molar-refractivity contribution in [3.63, 3.8) is 0 Å². The van der Waals surface area contributed by atoms with Crippen LogP contribution in [0.1, 0.15) is 141 Å². The van der Waals surface area contributed by atoms with Crippen LogP contribution in [0.3, 0.4) is 0 Å². The summed E-state index contributed by atoms with van der Waals surface area (Å²) in [5.41, 5.74) is 8.06. The first kappa shape index (κ1) is 25.5. The molecule has 2 aromatic heterocycles. The molecule has 0 aliphatic carbocycles. The Labute approximate surface area is 191 Å². The molecule has 2 aromatic rings. The Bertz CT molecular complexity index is 869. The molecule has 0 radical (unpaired) electrons. The predicted molar refractivity (Wildman–Crippen MR) is 133 cm³/mol. The van der Waals surface area contributed by atoms with E-state index in [1.54, 1.807) is 6.33 Å². The molecular weight excluding hydrogens is 378 g/mol. The molecule has 0 aliphatic rings. The largest absolute Gasteiger partial charge is 0.261 e. The lowest BCUT2D eigenvalue weighted by molar-refractivity contribution is 0.505. The fourth-order valence-corrected chi connectivity index (χ4v) is 4.82. The number of aryl methyl sites for hydroxylation is 1. The summed E-state index contributed by atoms with van der Waals surface area (Å²) in [4.78, 5) is 14.3. The standard InChI is InChI=1S/C28H45N3/c1-12-21-15-16-29-25(22(21)27(6,7)8)19(4)13-14-20(5)26-23(28(9,10)11)24(18(2)3)30-17-31-26/h15-20H,12-14H2,1-11H3. The summed E-state index contributed by atoms with van der Waals surface area (Å²) in [5.74, 6) is 1.22. The van der Waals surface area contributed by atoms with Gasteiger partial charge in [-0.2, -0.15) is 0 Å². The lowest BCUT2D eigenvalue weighted by atomic mass is 9.77. The Balaban J connectivity index is 2.33. The van der Waals surface area contributed by atoms with E-state index in [4.69, 9.17) is 9.97 Å². The summed E-state index contributed by atoms with van der Waals surface area (Å²) < 4.78 is 0. The lowest BCUT2D eigenvalue weighted by Gasteiger charge is -2.30. The van der Waals surface area contributed by atoms with E-state index in [9.17, 15) is 0 Å². The Kier molecular flexibility index (Phi) is 8.05. The van der Waals surface area contributed by atoms with Gasteiger partial charge in [0.2, 0.25) is 0 Å². The molecule has 0 fully saturated rings. The van der Waals surface area contributed by atoms with E-state index in [0.29, 0.717) is 17.8 Å². The van der Waals surface area contributed by atoms with Crippen LogP contribution in [0.5, 0.6) is 0 Å². The maximum atomic E-state index is 4.87. The van der Waals surface area contributed by atoms with Crippen molar-refractivity contribution in [3.8, 4) is 0 Å². The third kappa shape index (κ3) is 5.93. The highest BCUT2D eigenvalue weighted by atomic mass is 14.9. The van der Waals surface area contributed by atoms with Crippen LogP contribution < -0.4 is 0 Å². The van der Waals surface area contributed by atoms with Crippen LogP contribution in [0, 0.1) is 0 Å².